The van der Waals surface area contributed by atoms with Gasteiger partial charge in [-0.15, -0.1) is 0 Å². The predicted octanol–water partition coefficient (Wildman–Crippen LogP) is 2.19. The first-order chi connectivity index (χ1) is 12.4. The fraction of sp³-hybridized carbons (Fsp3) is 0.611. The van der Waals surface area contributed by atoms with Crippen LogP contribution in [0.3, 0.4) is 0 Å². The monoisotopic (exact) mass is 399 g/mol. The maximum atomic E-state index is 12.9. The summed E-state index contributed by atoms with van der Waals surface area (Å²) in [6, 6.07) is 7.17. The van der Waals surface area contributed by atoms with Gasteiger partial charge in [0.2, 0.25) is 15.9 Å². The molecule has 0 saturated carbocycles. The maximum Gasteiger partial charge on any atom is 0.241 e. The van der Waals surface area contributed by atoms with Gasteiger partial charge in [0, 0.05) is 32.7 Å². The highest BCUT2D eigenvalue weighted by Gasteiger charge is 2.40. The van der Waals surface area contributed by atoms with Gasteiger partial charge in [0.15, 0.2) is 0 Å². The molecule has 6 nitrogen and oxygen atoms in total. The van der Waals surface area contributed by atoms with E-state index in [0.29, 0.717) is 50.6 Å². The van der Waals surface area contributed by atoms with Crippen molar-refractivity contribution in [2.75, 3.05) is 43.4 Å². The molecule has 1 aromatic carbocycles. The van der Waals surface area contributed by atoms with Crippen LogP contribution in [0.25, 0.3) is 0 Å². The van der Waals surface area contributed by atoms with Crippen molar-refractivity contribution in [3.05, 3.63) is 29.3 Å². The van der Waals surface area contributed by atoms with Crippen LogP contribution >= 0.6 is 11.6 Å². The lowest BCUT2D eigenvalue weighted by Gasteiger charge is -2.38. The molecule has 1 atom stereocenters. The number of carbonyl (C=O) groups is 1. The van der Waals surface area contributed by atoms with Gasteiger partial charge < -0.3 is 9.80 Å². The number of nitrogens with zero attached hydrogens (tertiary/aromatic N) is 3. The van der Waals surface area contributed by atoms with Crippen molar-refractivity contribution in [2.24, 2.45) is 0 Å². The summed E-state index contributed by atoms with van der Waals surface area (Å²) in [6.45, 7) is 4.87. The molecule has 0 radical (unpaired) electrons. The van der Waals surface area contributed by atoms with Gasteiger partial charge in [-0.25, -0.2) is 8.42 Å². The highest BCUT2D eigenvalue weighted by molar-refractivity contribution is 7.89. The van der Waals surface area contributed by atoms with Gasteiger partial charge in [-0.1, -0.05) is 30.7 Å². The molecule has 2 saturated heterocycles. The second-order valence-corrected chi connectivity index (χ2v) is 9.30. The third kappa shape index (κ3) is 4.00. The Kier molecular flexibility index (Phi) is 6.10. The number of anilines is 1. The molecule has 2 aliphatic rings. The van der Waals surface area contributed by atoms with Crippen molar-refractivity contribution < 1.29 is 13.2 Å². The van der Waals surface area contributed by atoms with Crippen LogP contribution in [0.1, 0.15) is 26.2 Å². The van der Waals surface area contributed by atoms with Crippen molar-refractivity contribution in [3.63, 3.8) is 0 Å². The molecule has 1 amide bonds. The summed E-state index contributed by atoms with van der Waals surface area (Å²) >= 11 is 6.26. The van der Waals surface area contributed by atoms with Gasteiger partial charge in [-0.05, 0) is 31.4 Å². The van der Waals surface area contributed by atoms with Gasteiger partial charge in [0.1, 0.15) is 6.04 Å². The Morgan fingerprint density at radius 2 is 1.85 bits per heavy atom. The summed E-state index contributed by atoms with van der Waals surface area (Å²) in [7, 11) is -3.34. The van der Waals surface area contributed by atoms with E-state index in [0.717, 1.165) is 12.1 Å². The average molecular weight is 400 g/mol. The molecule has 3 rings (SSSR count). The van der Waals surface area contributed by atoms with Crippen LogP contribution in [0.2, 0.25) is 5.02 Å². The molecule has 1 aromatic rings. The highest BCUT2D eigenvalue weighted by atomic mass is 35.5. The molecule has 0 bridgehead atoms. The second-order valence-electron chi connectivity index (χ2n) is 6.85. The number of hydrogen-bond acceptors (Lipinski definition) is 4. The number of sulfonamides is 1. The Bertz CT molecular complexity index is 748. The third-order valence-corrected chi connectivity index (χ3v) is 7.49. The Morgan fingerprint density at radius 1 is 1.15 bits per heavy atom. The van der Waals surface area contributed by atoms with Crippen LogP contribution in [-0.4, -0.2) is 68.0 Å². The number of para-hydroxylation sites is 1. The fourth-order valence-electron chi connectivity index (χ4n) is 3.78. The van der Waals surface area contributed by atoms with Crippen molar-refractivity contribution in [1.82, 2.24) is 9.21 Å². The van der Waals surface area contributed by atoms with Crippen LogP contribution in [0, 0.1) is 0 Å². The number of benzene rings is 1. The average Bonchev–Trinajstić information content (AvgIpc) is 3.12. The molecule has 8 heteroatoms. The Balaban J connectivity index is 1.64. The van der Waals surface area contributed by atoms with Crippen molar-refractivity contribution in [3.8, 4) is 0 Å². The molecule has 1 unspecified atom stereocenters. The molecule has 2 fully saturated rings. The van der Waals surface area contributed by atoms with E-state index in [-0.39, 0.29) is 11.7 Å². The number of hydrogen-bond donors (Lipinski definition) is 0. The summed E-state index contributed by atoms with van der Waals surface area (Å²) in [6.07, 6.45) is 1.93. The lowest BCUT2D eigenvalue weighted by atomic mass is 10.1. The quantitative estimate of drug-likeness (QED) is 0.761. The second kappa shape index (κ2) is 8.15. The van der Waals surface area contributed by atoms with E-state index >= 15 is 0 Å². The SMILES string of the molecule is CCCS(=O)(=O)N1CCCC1C(=O)N1CCN(c2ccccc2Cl)CC1. The molecular weight excluding hydrogens is 374 g/mol. The van der Waals surface area contributed by atoms with E-state index in [2.05, 4.69) is 4.90 Å². The number of amides is 1. The molecule has 0 aromatic heterocycles. The predicted molar refractivity (Wildman–Crippen MR) is 104 cm³/mol. The third-order valence-electron chi connectivity index (χ3n) is 5.09. The summed E-state index contributed by atoms with van der Waals surface area (Å²) in [4.78, 5) is 16.9. The first-order valence-electron chi connectivity index (χ1n) is 9.22. The Hall–Kier alpha value is -1.31. The van der Waals surface area contributed by atoms with Crippen LogP contribution in [0.4, 0.5) is 5.69 Å². The van der Waals surface area contributed by atoms with E-state index in [4.69, 9.17) is 11.6 Å². The van der Waals surface area contributed by atoms with Gasteiger partial charge in [0.05, 0.1) is 16.5 Å². The lowest BCUT2D eigenvalue weighted by Crippen LogP contribution is -2.54. The standard InChI is InChI=1S/C18H26ClN3O3S/c1-2-14-26(24,25)22-9-5-8-17(22)18(23)21-12-10-20(11-13-21)16-7-4-3-6-15(16)19/h3-4,6-7,17H,2,5,8-14H2,1H3. The minimum atomic E-state index is -3.34. The van der Waals surface area contributed by atoms with Crippen LogP contribution in [-0.2, 0) is 14.8 Å². The van der Waals surface area contributed by atoms with Crippen molar-refractivity contribution in [2.45, 2.75) is 32.2 Å². The molecule has 0 spiro atoms. The summed E-state index contributed by atoms with van der Waals surface area (Å²) in [5, 5.41) is 0.708. The van der Waals surface area contributed by atoms with Crippen LogP contribution in [0.5, 0.6) is 0 Å². The zero-order valence-electron chi connectivity index (χ0n) is 15.1. The minimum Gasteiger partial charge on any atom is -0.367 e. The first-order valence-corrected chi connectivity index (χ1v) is 11.2. The van der Waals surface area contributed by atoms with E-state index < -0.39 is 16.1 Å². The molecule has 0 N–H and O–H groups in total. The Morgan fingerprint density at radius 3 is 2.50 bits per heavy atom. The van der Waals surface area contributed by atoms with Gasteiger partial charge in [-0.2, -0.15) is 4.31 Å². The zero-order chi connectivity index (χ0) is 18.7. The van der Waals surface area contributed by atoms with Gasteiger partial charge >= 0.3 is 0 Å². The van der Waals surface area contributed by atoms with Gasteiger partial charge in [-0.3, -0.25) is 4.79 Å². The van der Waals surface area contributed by atoms with E-state index in [1.165, 1.54) is 4.31 Å². The van der Waals surface area contributed by atoms with E-state index in [1.54, 1.807) is 4.90 Å². The molecule has 2 aliphatic heterocycles. The molecule has 0 aliphatic carbocycles. The highest BCUT2D eigenvalue weighted by Crippen LogP contribution is 2.27. The zero-order valence-corrected chi connectivity index (χ0v) is 16.7. The van der Waals surface area contributed by atoms with E-state index in [9.17, 15) is 13.2 Å². The minimum absolute atomic E-state index is 0.0546. The number of piperazine rings is 1. The first kappa shape index (κ1) is 19.5. The summed E-state index contributed by atoms with van der Waals surface area (Å²) in [5.74, 6) is 0.0536. The van der Waals surface area contributed by atoms with Crippen molar-refractivity contribution >= 4 is 33.2 Å². The Labute approximate surface area is 160 Å². The fourth-order valence-corrected chi connectivity index (χ4v) is 5.78. The lowest BCUT2D eigenvalue weighted by molar-refractivity contribution is -0.134. The number of halogens is 1. The maximum absolute atomic E-state index is 12.9. The molecule has 2 heterocycles. The summed E-state index contributed by atoms with van der Waals surface area (Å²) in [5.41, 5.74) is 0.981. The molecular formula is C18H26ClN3O3S. The molecule has 26 heavy (non-hydrogen) atoms. The summed E-state index contributed by atoms with van der Waals surface area (Å²) < 4.78 is 26.3. The van der Waals surface area contributed by atoms with Crippen LogP contribution in [0.15, 0.2) is 24.3 Å². The molecule has 144 valence electrons. The normalized spacial score (nSPS) is 22.0. The van der Waals surface area contributed by atoms with E-state index in [1.807, 2.05) is 31.2 Å². The van der Waals surface area contributed by atoms with Gasteiger partial charge in [0.25, 0.3) is 0 Å². The number of carbonyl (C=O) groups excluding carboxylic acids is 1. The largest absolute Gasteiger partial charge is 0.367 e. The van der Waals surface area contributed by atoms with Crippen LogP contribution < -0.4 is 4.90 Å². The number of rotatable bonds is 5. The van der Waals surface area contributed by atoms with Crippen molar-refractivity contribution in [1.29, 1.82) is 0 Å². The smallest absolute Gasteiger partial charge is 0.241 e. The topological polar surface area (TPSA) is 60.9 Å².